The molecule has 2 atom stereocenters. The maximum Gasteiger partial charge on any atom is 0.157 e. The first-order valence-electron chi connectivity index (χ1n) is 5.58. The molecule has 5 nitrogen and oxygen atoms in total. The van der Waals surface area contributed by atoms with Crippen LogP contribution in [0.3, 0.4) is 0 Å². The maximum atomic E-state index is 6.64. The molecule has 0 aliphatic heterocycles. The lowest BCUT2D eigenvalue weighted by Crippen LogP contribution is -2.30. The number of nitrogens with one attached hydrogen (secondary N) is 3. The third-order valence-corrected chi connectivity index (χ3v) is 3.19. The lowest BCUT2D eigenvalue weighted by atomic mass is 9.98. The van der Waals surface area contributed by atoms with Crippen LogP contribution < -0.4 is 10.7 Å². The van der Waals surface area contributed by atoms with Gasteiger partial charge in [-0.05, 0) is 32.0 Å². The van der Waals surface area contributed by atoms with Crippen molar-refractivity contribution in [3.05, 3.63) is 23.8 Å². The number of hydrogen-bond acceptors (Lipinski definition) is 4. The van der Waals surface area contributed by atoms with E-state index in [-0.39, 0.29) is 6.04 Å². The molecule has 0 saturated heterocycles. The highest BCUT2D eigenvalue weighted by molar-refractivity contribution is 9.09. The van der Waals surface area contributed by atoms with E-state index in [1.807, 2.05) is 7.05 Å². The van der Waals surface area contributed by atoms with Gasteiger partial charge >= 0.3 is 0 Å². The van der Waals surface area contributed by atoms with Crippen LogP contribution in [0.2, 0.25) is 0 Å². The van der Waals surface area contributed by atoms with Gasteiger partial charge in [0.05, 0.1) is 6.04 Å². The molecular formula is C11H18BrN5. The predicted molar refractivity (Wildman–Crippen MR) is 73.7 cm³/mol. The summed E-state index contributed by atoms with van der Waals surface area (Å²) < 4.78 is 0. The first-order valence-corrected chi connectivity index (χ1v) is 6.50. The van der Waals surface area contributed by atoms with Crippen molar-refractivity contribution in [1.82, 2.24) is 10.7 Å². The Hall–Kier alpha value is -1.01. The number of rotatable bonds is 7. The molecule has 0 heterocycles. The number of nitrogens with zero attached hydrogens (tertiary/aromatic N) is 2. The van der Waals surface area contributed by atoms with Crippen LogP contribution in [-0.4, -0.2) is 30.8 Å². The van der Waals surface area contributed by atoms with Crippen molar-refractivity contribution >= 4 is 22.3 Å². The summed E-state index contributed by atoms with van der Waals surface area (Å²) in [6.45, 7) is 0.911. The van der Waals surface area contributed by atoms with E-state index in [2.05, 4.69) is 55.1 Å². The van der Waals surface area contributed by atoms with Crippen LogP contribution in [0.1, 0.15) is 12.8 Å². The number of hydrogen-bond donors (Lipinski definition) is 3. The second-order valence-corrected chi connectivity index (χ2v) is 4.94. The zero-order valence-electron chi connectivity index (χ0n) is 9.86. The third kappa shape index (κ3) is 5.23. The highest BCUT2D eigenvalue weighted by Crippen LogP contribution is 2.20. The second kappa shape index (κ2) is 8.14. The van der Waals surface area contributed by atoms with Crippen LogP contribution >= 0.6 is 15.9 Å². The van der Waals surface area contributed by atoms with Gasteiger partial charge in [0.25, 0.3) is 0 Å². The first-order chi connectivity index (χ1) is 8.27. The minimum absolute atomic E-state index is 0.164. The molecule has 17 heavy (non-hydrogen) atoms. The minimum atomic E-state index is 0.164. The van der Waals surface area contributed by atoms with Gasteiger partial charge in [0, 0.05) is 4.83 Å². The van der Waals surface area contributed by atoms with E-state index >= 15 is 0 Å². The van der Waals surface area contributed by atoms with Gasteiger partial charge in [-0.15, -0.1) is 5.11 Å². The fraction of sp³-hybridized carbons (Fsp3) is 0.545. The van der Waals surface area contributed by atoms with Crippen molar-refractivity contribution in [3.8, 4) is 0 Å². The lowest BCUT2D eigenvalue weighted by molar-refractivity contribution is 0.545. The normalized spacial score (nSPS) is 21.3. The predicted octanol–water partition coefficient (Wildman–Crippen LogP) is 2.18. The van der Waals surface area contributed by atoms with E-state index in [9.17, 15) is 0 Å². The van der Waals surface area contributed by atoms with E-state index in [4.69, 9.17) is 5.53 Å². The van der Waals surface area contributed by atoms with Crippen molar-refractivity contribution in [2.75, 3.05) is 13.6 Å². The van der Waals surface area contributed by atoms with Crippen molar-refractivity contribution in [1.29, 1.82) is 5.53 Å². The topological polar surface area (TPSA) is 72.6 Å². The van der Waals surface area contributed by atoms with Gasteiger partial charge in [-0.3, -0.25) is 0 Å². The molecule has 6 heteroatoms. The number of alkyl halides is 1. The summed E-state index contributed by atoms with van der Waals surface area (Å²) in [6, 6.07) is 0.164. The van der Waals surface area contributed by atoms with Crippen molar-refractivity contribution in [3.63, 3.8) is 0 Å². The third-order valence-electron chi connectivity index (χ3n) is 2.51. The van der Waals surface area contributed by atoms with Crippen LogP contribution in [0.25, 0.3) is 0 Å². The molecule has 1 aliphatic rings. The summed E-state index contributed by atoms with van der Waals surface area (Å²) in [7, 11) is 1.93. The minimum Gasteiger partial charge on any atom is -0.320 e. The van der Waals surface area contributed by atoms with Gasteiger partial charge in [-0.25, -0.2) is 5.53 Å². The molecule has 0 bridgehead atoms. The quantitative estimate of drug-likeness (QED) is 0.222. The largest absolute Gasteiger partial charge is 0.320 e. The molecule has 3 N–H and O–H groups in total. The summed E-state index contributed by atoms with van der Waals surface area (Å²) in [6.07, 6.45) is 9.60. The van der Waals surface area contributed by atoms with Gasteiger partial charge in [0.2, 0.25) is 0 Å². The van der Waals surface area contributed by atoms with Gasteiger partial charge in [-0.1, -0.05) is 34.2 Å². The SMILES string of the molecule is CNCCC(NN=CN=N)C1=CCC(Br)C=C1. The van der Waals surface area contributed by atoms with Crippen LogP contribution in [0.5, 0.6) is 0 Å². The summed E-state index contributed by atoms with van der Waals surface area (Å²) in [5, 5.41) is 10.1. The van der Waals surface area contributed by atoms with E-state index in [0.717, 1.165) is 19.4 Å². The molecule has 1 aliphatic carbocycles. The van der Waals surface area contributed by atoms with E-state index in [1.165, 1.54) is 11.9 Å². The fourth-order valence-electron chi connectivity index (χ4n) is 1.62. The van der Waals surface area contributed by atoms with Gasteiger partial charge in [-0.2, -0.15) is 5.10 Å². The molecule has 0 aromatic heterocycles. The number of hydrazone groups is 1. The highest BCUT2D eigenvalue weighted by atomic mass is 79.9. The molecule has 0 amide bonds. The van der Waals surface area contributed by atoms with Crippen molar-refractivity contribution in [2.24, 2.45) is 10.2 Å². The molecule has 2 unspecified atom stereocenters. The average Bonchev–Trinajstić information content (AvgIpc) is 2.35. The van der Waals surface area contributed by atoms with Crippen LogP contribution in [0, 0.1) is 5.53 Å². The Labute approximate surface area is 110 Å². The zero-order valence-corrected chi connectivity index (χ0v) is 11.4. The van der Waals surface area contributed by atoms with Gasteiger partial charge in [0.1, 0.15) is 0 Å². The number of allylic oxidation sites excluding steroid dienone is 2. The molecular weight excluding hydrogens is 282 g/mol. The Balaban J connectivity index is 2.58. The van der Waals surface area contributed by atoms with Gasteiger partial charge < -0.3 is 10.7 Å². The Kier molecular flexibility index (Phi) is 6.73. The molecule has 0 spiro atoms. The molecule has 94 valence electrons. The van der Waals surface area contributed by atoms with Crippen molar-refractivity contribution < 1.29 is 0 Å². The Morgan fingerprint density at radius 1 is 1.71 bits per heavy atom. The monoisotopic (exact) mass is 299 g/mol. The van der Waals surface area contributed by atoms with Crippen LogP contribution in [-0.2, 0) is 0 Å². The van der Waals surface area contributed by atoms with Crippen LogP contribution in [0.4, 0.5) is 0 Å². The Morgan fingerprint density at radius 2 is 2.53 bits per heavy atom. The molecule has 0 aromatic carbocycles. The fourth-order valence-corrected chi connectivity index (χ4v) is 1.96. The zero-order chi connectivity index (χ0) is 12.5. The highest BCUT2D eigenvalue weighted by Gasteiger charge is 2.14. The van der Waals surface area contributed by atoms with Gasteiger partial charge in [0.15, 0.2) is 6.34 Å². The maximum absolute atomic E-state index is 6.64. The van der Waals surface area contributed by atoms with E-state index in [1.54, 1.807) is 0 Å². The smallest absolute Gasteiger partial charge is 0.157 e. The summed E-state index contributed by atoms with van der Waals surface area (Å²) in [5.74, 6) is 0. The van der Waals surface area contributed by atoms with E-state index in [0.29, 0.717) is 4.83 Å². The molecule has 0 saturated carbocycles. The number of halogens is 1. The summed E-state index contributed by atoms with van der Waals surface area (Å²) in [5.41, 5.74) is 10.9. The molecule has 0 aromatic rings. The standard InChI is InChI=1S/C11H18BrN5/c1-14-7-6-11(17-16-8-15-13)9-2-4-10(12)5-3-9/h2-4,8,10-11,13-14,17H,5-7H2,1H3. The average molecular weight is 300 g/mol. The summed E-state index contributed by atoms with van der Waals surface area (Å²) in [4.78, 5) is 0.433. The first kappa shape index (κ1) is 14.1. The van der Waals surface area contributed by atoms with E-state index < -0.39 is 0 Å². The Bertz CT molecular complexity index is 324. The van der Waals surface area contributed by atoms with Crippen molar-refractivity contribution in [2.45, 2.75) is 23.7 Å². The van der Waals surface area contributed by atoms with Crippen LogP contribution in [0.15, 0.2) is 34.0 Å². The Morgan fingerprint density at radius 3 is 3.12 bits per heavy atom. The summed E-state index contributed by atoms with van der Waals surface area (Å²) >= 11 is 3.55. The molecule has 0 radical (unpaired) electrons. The lowest BCUT2D eigenvalue weighted by Gasteiger charge is -2.20. The molecule has 0 fully saturated rings. The molecule has 1 rings (SSSR count). The second-order valence-electron chi connectivity index (χ2n) is 3.76.